The fourth-order valence-electron chi connectivity index (χ4n) is 5.23. The minimum atomic E-state index is -0.542. The zero-order chi connectivity index (χ0) is 23.2. The molecule has 0 radical (unpaired) electrons. The van der Waals surface area contributed by atoms with Crippen LogP contribution >= 0.6 is 11.8 Å². The number of aromatic nitrogens is 1. The van der Waals surface area contributed by atoms with Crippen LogP contribution in [-0.2, 0) is 5.41 Å². The van der Waals surface area contributed by atoms with Crippen LogP contribution in [0.4, 0.5) is 4.39 Å². The van der Waals surface area contributed by atoms with E-state index in [2.05, 4.69) is 61.3 Å². The number of aliphatic hydroxyl groups excluding tert-OH is 1. The molecule has 5 rings (SSSR count). The quantitative estimate of drug-likeness (QED) is 0.539. The lowest BCUT2D eigenvalue weighted by Gasteiger charge is -2.25. The van der Waals surface area contributed by atoms with E-state index in [0.29, 0.717) is 25.4 Å². The fourth-order valence-corrected chi connectivity index (χ4v) is 6.37. The Hall–Kier alpha value is -2.70. The zero-order valence-corrected chi connectivity index (χ0v) is 19.6. The Bertz CT molecular complexity index is 1200. The average molecular weight is 463 g/mol. The SMILES string of the molecule is CC(C)c1ccccc1Sc1ccc2c(c1)C(O)CC21CCN(C(=O)c2ccc(F)cn2)C1. The summed E-state index contributed by atoms with van der Waals surface area (Å²) < 4.78 is 13.2. The summed E-state index contributed by atoms with van der Waals surface area (Å²) in [5, 5.41) is 10.9. The third-order valence-corrected chi connectivity index (χ3v) is 7.98. The van der Waals surface area contributed by atoms with Crippen molar-refractivity contribution in [2.45, 2.75) is 53.9 Å². The molecule has 2 atom stereocenters. The van der Waals surface area contributed by atoms with Gasteiger partial charge in [0.2, 0.25) is 0 Å². The van der Waals surface area contributed by atoms with Gasteiger partial charge in [-0.2, -0.15) is 0 Å². The molecule has 2 heterocycles. The van der Waals surface area contributed by atoms with Gasteiger partial charge in [0.25, 0.3) is 5.91 Å². The fraction of sp³-hybridized carbons (Fsp3) is 0.333. The van der Waals surface area contributed by atoms with Gasteiger partial charge in [0, 0.05) is 28.3 Å². The van der Waals surface area contributed by atoms with E-state index in [9.17, 15) is 14.3 Å². The second kappa shape index (κ2) is 8.58. The Morgan fingerprint density at radius 2 is 2.03 bits per heavy atom. The molecule has 170 valence electrons. The van der Waals surface area contributed by atoms with E-state index in [4.69, 9.17) is 0 Å². The monoisotopic (exact) mass is 462 g/mol. The molecule has 33 heavy (non-hydrogen) atoms. The molecule has 1 spiro atoms. The van der Waals surface area contributed by atoms with E-state index in [1.165, 1.54) is 22.6 Å². The maximum absolute atomic E-state index is 13.2. The van der Waals surface area contributed by atoms with Gasteiger partial charge in [0.15, 0.2) is 0 Å². The number of rotatable bonds is 4. The lowest BCUT2D eigenvalue weighted by molar-refractivity contribution is 0.0770. The van der Waals surface area contributed by atoms with Gasteiger partial charge in [-0.3, -0.25) is 4.79 Å². The minimum absolute atomic E-state index is 0.188. The largest absolute Gasteiger partial charge is 0.388 e. The van der Waals surface area contributed by atoms with Gasteiger partial charge in [-0.05, 0) is 65.8 Å². The number of hydrogen-bond acceptors (Lipinski definition) is 4. The highest BCUT2D eigenvalue weighted by molar-refractivity contribution is 7.99. The number of carbonyl (C=O) groups excluding carboxylic acids is 1. The number of benzene rings is 2. The summed E-state index contributed by atoms with van der Waals surface area (Å²) >= 11 is 1.73. The highest BCUT2D eigenvalue weighted by Crippen LogP contribution is 2.51. The number of halogens is 1. The molecule has 4 nitrogen and oxygen atoms in total. The molecule has 6 heteroatoms. The van der Waals surface area contributed by atoms with Crippen LogP contribution in [0.5, 0.6) is 0 Å². The molecule has 2 unspecified atom stereocenters. The Labute approximate surface area is 197 Å². The molecule has 1 saturated heterocycles. The smallest absolute Gasteiger partial charge is 0.272 e. The summed E-state index contributed by atoms with van der Waals surface area (Å²) in [6.45, 7) is 5.54. The van der Waals surface area contributed by atoms with Crippen molar-refractivity contribution in [3.8, 4) is 0 Å². The second-order valence-electron chi connectivity index (χ2n) is 9.38. The van der Waals surface area contributed by atoms with Gasteiger partial charge >= 0.3 is 0 Å². The van der Waals surface area contributed by atoms with Crippen molar-refractivity contribution in [2.75, 3.05) is 13.1 Å². The standard InChI is InChI=1S/C27H27FN2O2S/c1-17(2)20-5-3-4-6-25(20)33-19-8-9-22-21(13-19)24(31)14-27(22)11-12-30(16-27)26(32)23-10-7-18(28)15-29-23/h3-10,13,15,17,24,31H,11-12,14,16H2,1-2H3. The van der Waals surface area contributed by atoms with Crippen LogP contribution in [0.25, 0.3) is 0 Å². The van der Waals surface area contributed by atoms with E-state index < -0.39 is 11.9 Å². The summed E-state index contributed by atoms with van der Waals surface area (Å²) in [5.74, 6) is -0.205. The van der Waals surface area contributed by atoms with E-state index in [1.807, 2.05) is 0 Å². The molecule has 1 aliphatic carbocycles. The molecule has 2 aromatic carbocycles. The molecule has 0 saturated carbocycles. The summed E-state index contributed by atoms with van der Waals surface area (Å²) in [7, 11) is 0. The lowest BCUT2D eigenvalue weighted by atomic mass is 9.81. The van der Waals surface area contributed by atoms with Gasteiger partial charge in [-0.25, -0.2) is 9.37 Å². The van der Waals surface area contributed by atoms with Crippen LogP contribution < -0.4 is 0 Å². The highest BCUT2D eigenvalue weighted by atomic mass is 32.2. The van der Waals surface area contributed by atoms with Crippen LogP contribution in [0.15, 0.2) is 70.6 Å². The molecule has 1 amide bonds. The van der Waals surface area contributed by atoms with Gasteiger partial charge in [-0.15, -0.1) is 0 Å². The second-order valence-corrected chi connectivity index (χ2v) is 10.5. The topological polar surface area (TPSA) is 53.4 Å². The highest BCUT2D eigenvalue weighted by Gasteiger charge is 2.48. The predicted molar refractivity (Wildman–Crippen MR) is 127 cm³/mol. The van der Waals surface area contributed by atoms with E-state index in [-0.39, 0.29) is 17.0 Å². The predicted octanol–water partition coefficient (Wildman–Crippen LogP) is 5.72. The maximum Gasteiger partial charge on any atom is 0.272 e. The molecule has 2 aliphatic rings. The number of likely N-dealkylation sites (tertiary alicyclic amines) is 1. The maximum atomic E-state index is 13.2. The first-order chi connectivity index (χ1) is 15.9. The molecule has 3 aromatic rings. The molecule has 1 fully saturated rings. The number of fused-ring (bicyclic) bond motifs is 2. The van der Waals surface area contributed by atoms with Crippen molar-refractivity contribution in [3.63, 3.8) is 0 Å². The van der Waals surface area contributed by atoms with Gasteiger partial charge < -0.3 is 10.0 Å². The van der Waals surface area contributed by atoms with Crippen LogP contribution in [-0.4, -0.2) is 34.0 Å². The number of carbonyl (C=O) groups is 1. The normalized spacial score (nSPS) is 21.7. The van der Waals surface area contributed by atoms with E-state index >= 15 is 0 Å². The minimum Gasteiger partial charge on any atom is -0.388 e. The Morgan fingerprint density at radius 1 is 1.21 bits per heavy atom. The van der Waals surface area contributed by atoms with E-state index in [0.717, 1.165) is 28.6 Å². The van der Waals surface area contributed by atoms with Crippen molar-refractivity contribution < 1.29 is 14.3 Å². The summed E-state index contributed by atoms with van der Waals surface area (Å²) in [4.78, 5) is 21.0. The van der Waals surface area contributed by atoms with Crippen LogP contribution in [0.2, 0.25) is 0 Å². The van der Waals surface area contributed by atoms with Crippen molar-refractivity contribution >= 4 is 17.7 Å². The Balaban J connectivity index is 1.39. The van der Waals surface area contributed by atoms with Crippen molar-refractivity contribution in [1.82, 2.24) is 9.88 Å². The first kappa shape index (κ1) is 22.1. The average Bonchev–Trinajstić information content (AvgIpc) is 3.35. The van der Waals surface area contributed by atoms with Gasteiger partial charge in [0.1, 0.15) is 11.5 Å². The van der Waals surface area contributed by atoms with Gasteiger partial charge in [-0.1, -0.05) is 49.9 Å². The number of hydrogen-bond donors (Lipinski definition) is 1. The summed E-state index contributed by atoms with van der Waals surface area (Å²) in [6, 6.07) is 17.5. The first-order valence-electron chi connectivity index (χ1n) is 11.4. The number of nitrogens with zero attached hydrogens (tertiary/aromatic N) is 2. The summed E-state index contributed by atoms with van der Waals surface area (Å²) in [5.41, 5.74) is 3.43. The molecule has 0 bridgehead atoms. The molecular formula is C27H27FN2O2S. The number of aliphatic hydroxyl groups is 1. The van der Waals surface area contributed by atoms with Crippen molar-refractivity contribution in [2.24, 2.45) is 0 Å². The molecule has 1 aliphatic heterocycles. The van der Waals surface area contributed by atoms with Crippen LogP contribution in [0.3, 0.4) is 0 Å². The van der Waals surface area contributed by atoms with E-state index in [1.54, 1.807) is 16.7 Å². The Morgan fingerprint density at radius 3 is 2.79 bits per heavy atom. The first-order valence-corrected chi connectivity index (χ1v) is 12.2. The number of amides is 1. The lowest BCUT2D eigenvalue weighted by Crippen LogP contribution is -2.33. The third kappa shape index (κ3) is 4.06. The summed E-state index contributed by atoms with van der Waals surface area (Å²) in [6.07, 6.45) is 1.94. The van der Waals surface area contributed by atoms with Crippen LogP contribution in [0.1, 0.15) is 65.9 Å². The number of pyridine rings is 1. The molecule has 1 N–H and O–H groups in total. The zero-order valence-electron chi connectivity index (χ0n) is 18.8. The van der Waals surface area contributed by atoms with Crippen LogP contribution in [0, 0.1) is 5.82 Å². The van der Waals surface area contributed by atoms with Gasteiger partial charge in [0.05, 0.1) is 12.3 Å². The molecule has 1 aromatic heterocycles. The molecular weight excluding hydrogens is 435 g/mol. The van der Waals surface area contributed by atoms with Crippen molar-refractivity contribution in [1.29, 1.82) is 0 Å². The third-order valence-electron chi connectivity index (χ3n) is 6.89. The van der Waals surface area contributed by atoms with Crippen molar-refractivity contribution in [3.05, 3.63) is 89.0 Å². The Kier molecular flexibility index (Phi) is 5.75.